The number of hydrogen-bond acceptors (Lipinski definition) is 4. The molecule has 0 spiro atoms. The molecule has 0 amide bonds. The van der Waals surface area contributed by atoms with Gasteiger partial charge in [-0.3, -0.25) is 9.69 Å². The van der Waals surface area contributed by atoms with Crippen molar-refractivity contribution in [1.82, 2.24) is 4.90 Å². The number of carboxylic acid groups (broad SMARTS) is 1. The van der Waals surface area contributed by atoms with Gasteiger partial charge < -0.3 is 15.3 Å². The van der Waals surface area contributed by atoms with Gasteiger partial charge in [-0.1, -0.05) is 0 Å². The van der Waals surface area contributed by atoms with E-state index < -0.39 is 12.0 Å². The minimum atomic E-state index is -0.945. The van der Waals surface area contributed by atoms with Crippen molar-refractivity contribution in [2.24, 2.45) is 0 Å². The highest BCUT2D eigenvalue weighted by atomic mass is 16.4. The van der Waals surface area contributed by atoms with Gasteiger partial charge in [-0.2, -0.15) is 0 Å². The Labute approximate surface area is 76.9 Å². The van der Waals surface area contributed by atoms with Crippen LogP contribution in [0.4, 0.5) is 0 Å². The number of rotatable bonds is 6. The van der Waals surface area contributed by atoms with Crippen molar-refractivity contribution in [2.75, 3.05) is 19.7 Å². The van der Waals surface area contributed by atoms with E-state index in [4.69, 9.17) is 15.3 Å². The fraction of sp³-hybridized carbons (Fsp3) is 0.625. The molecule has 0 aliphatic heterocycles. The van der Waals surface area contributed by atoms with E-state index >= 15 is 0 Å². The molecular formula is C8H15NO4. The second kappa shape index (κ2) is 6.45. The lowest BCUT2D eigenvalue weighted by molar-refractivity contribution is -0.142. The maximum Gasteiger partial charge on any atom is 0.320 e. The third kappa shape index (κ3) is 4.49. The molecule has 13 heavy (non-hydrogen) atoms. The average molecular weight is 189 g/mol. The highest BCUT2D eigenvalue weighted by molar-refractivity contribution is 5.72. The van der Waals surface area contributed by atoms with E-state index in [0.717, 1.165) is 6.26 Å². The molecule has 0 aliphatic carbocycles. The normalized spacial score (nSPS) is 13.8. The Hall–Kier alpha value is -1.07. The molecule has 0 unspecified atom stereocenters. The number of aliphatic hydroxyl groups is 2. The van der Waals surface area contributed by atoms with Crippen molar-refractivity contribution in [3.05, 3.63) is 12.3 Å². The largest absolute Gasteiger partial charge is 0.516 e. The van der Waals surface area contributed by atoms with Crippen molar-refractivity contribution in [2.45, 2.75) is 13.0 Å². The zero-order valence-electron chi connectivity index (χ0n) is 7.55. The summed E-state index contributed by atoms with van der Waals surface area (Å²) in [6, 6.07) is -0.664. The zero-order chi connectivity index (χ0) is 10.3. The summed E-state index contributed by atoms with van der Waals surface area (Å²) in [6.45, 7) is 2.02. The first-order chi connectivity index (χ1) is 6.13. The first-order valence-electron chi connectivity index (χ1n) is 4.00. The molecule has 3 N–H and O–H groups in total. The second-order valence-corrected chi connectivity index (χ2v) is 2.62. The minimum Gasteiger partial charge on any atom is -0.516 e. The predicted molar refractivity (Wildman–Crippen MR) is 47.5 cm³/mol. The van der Waals surface area contributed by atoms with Crippen LogP contribution in [0.15, 0.2) is 12.3 Å². The van der Waals surface area contributed by atoms with Crippen LogP contribution in [0.1, 0.15) is 6.92 Å². The number of carboxylic acids is 1. The Morgan fingerprint density at radius 1 is 1.62 bits per heavy atom. The predicted octanol–water partition coefficient (Wildman–Crippen LogP) is -0.174. The van der Waals surface area contributed by atoms with Crippen LogP contribution in [0, 0.1) is 0 Å². The van der Waals surface area contributed by atoms with Gasteiger partial charge in [-0.25, -0.2) is 0 Å². The molecule has 0 heterocycles. The molecule has 0 fully saturated rings. The molecule has 5 heteroatoms. The van der Waals surface area contributed by atoms with E-state index in [2.05, 4.69) is 0 Å². The van der Waals surface area contributed by atoms with Crippen LogP contribution in [-0.2, 0) is 4.79 Å². The molecule has 1 atom stereocenters. The molecule has 5 nitrogen and oxygen atoms in total. The zero-order valence-corrected chi connectivity index (χ0v) is 7.55. The molecule has 0 saturated heterocycles. The molecule has 0 aromatic heterocycles. The van der Waals surface area contributed by atoms with Crippen molar-refractivity contribution in [3.8, 4) is 0 Å². The molecule has 0 radical (unpaired) electrons. The van der Waals surface area contributed by atoms with Gasteiger partial charge >= 0.3 is 5.97 Å². The van der Waals surface area contributed by atoms with Gasteiger partial charge in [-0.15, -0.1) is 0 Å². The monoisotopic (exact) mass is 189 g/mol. The fourth-order valence-electron chi connectivity index (χ4n) is 0.910. The summed E-state index contributed by atoms with van der Waals surface area (Å²) in [5.41, 5.74) is 0. The number of aliphatic hydroxyl groups excluding tert-OH is 2. The van der Waals surface area contributed by atoms with Crippen LogP contribution >= 0.6 is 0 Å². The van der Waals surface area contributed by atoms with E-state index in [-0.39, 0.29) is 13.2 Å². The van der Waals surface area contributed by atoms with Gasteiger partial charge in [0.2, 0.25) is 0 Å². The Bertz CT molecular complexity index is 181. The SMILES string of the molecule is C[C@@H](C(=O)O)N(CC=CO)CCO. The average Bonchev–Trinajstić information content (AvgIpc) is 2.11. The van der Waals surface area contributed by atoms with E-state index in [1.807, 2.05) is 0 Å². The molecule has 76 valence electrons. The van der Waals surface area contributed by atoms with Gasteiger partial charge in [0.25, 0.3) is 0 Å². The summed E-state index contributed by atoms with van der Waals surface area (Å²) < 4.78 is 0. The minimum absolute atomic E-state index is 0.100. The van der Waals surface area contributed by atoms with Crippen LogP contribution in [-0.4, -0.2) is 51.9 Å². The Morgan fingerprint density at radius 3 is 2.62 bits per heavy atom. The van der Waals surface area contributed by atoms with E-state index in [1.54, 1.807) is 0 Å². The maximum atomic E-state index is 10.6. The highest BCUT2D eigenvalue weighted by Gasteiger charge is 2.18. The molecule has 0 aromatic rings. The van der Waals surface area contributed by atoms with Crippen LogP contribution in [0.2, 0.25) is 0 Å². The topological polar surface area (TPSA) is 81.0 Å². The van der Waals surface area contributed by atoms with Crippen molar-refractivity contribution < 1.29 is 20.1 Å². The Morgan fingerprint density at radius 2 is 2.23 bits per heavy atom. The molecule has 0 rings (SSSR count). The number of nitrogens with zero attached hydrogens (tertiary/aromatic N) is 1. The molecule has 0 aliphatic rings. The summed E-state index contributed by atoms with van der Waals surface area (Å²) in [4.78, 5) is 12.1. The van der Waals surface area contributed by atoms with Crippen LogP contribution in [0.5, 0.6) is 0 Å². The summed E-state index contributed by atoms with van der Waals surface area (Å²) in [7, 11) is 0. The van der Waals surface area contributed by atoms with E-state index in [9.17, 15) is 4.79 Å². The third-order valence-corrected chi connectivity index (χ3v) is 1.74. The van der Waals surface area contributed by atoms with Crippen molar-refractivity contribution in [1.29, 1.82) is 0 Å². The van der Waals surface area contributed by atoms with Crippen LogP contribution in [0.3, 0.4) is 0 Å². The Balaban J connectivity index is 4.13. The summed E-state index contributed by atoms with van der Waals surface area (Å²) in [5, 5.41) is 25.7. The second-order valence-electron chi connectivity index (χ2n) is 2.62. The van der Waals surface area contributed by atoms with Gasteiger partial charge in [0, 0.05) is 13.1 Å². The summed E-state index contributed by atoms with van der Waals surface area (Å²) in [5.74, 6) is -0.945. The van der Waals surface area contributed by atoms with Gasteiger partial charge in [0.15, 0.2) is 0 Å². The molecule has 0 bridgehead atoms. The lowest BCUT2D eigenvalue weighted by Crippen LogP contribution is -2.40. The van der Waals surface area contributed by atoms with E-state index in [0.29, 0.717) is 6.54 Å². The highest BCUT2D eigenvalue weighted by Crippen LogP contribution is 1.98. The molecule has 0 saturated carbocycles. The van der Waals surface area contributed by atoms with Gasteiger partial charge in [-0.05, 0) is 13.0 Å². The maximum absolute atomic E-state index is 10.6. The lowest BCUT2D eigenvalue weighted by Gasteiger charge is -2.23. The van der Waals surface area contributed by atoms with Crippen LogP contribution in [0.25, 0.3) is 0 Å². The Kier molecular flexibility index (Phi) is 5.92. The lowest BCUT2D eigenvalue weighted by atomic mass is 10.3. The van der Waals surface area contributed by atoms with Gasteiger partial charge in [0.1, 0.15) is 6.04 Å². The summed E-state index contributed by atoms with van der Waals surface area (Å²) >= 11 is 0. The summed E-state index contributed by atoms with van der Waals surface area (Å²) in [6.07, 6.45) is 2.29. The number of hydrogen-bond donors (Lipinski definition) is 3. The van der Waals surface area contributed by atoms with E-state index in [1.165, 1.54) is 17.9 Å². The standard InChI is InChI=1S/C8H15NO4/c1-7(8(12)13)9(4-6-11)3-2-5-10/h2,5,7,10-11H,3-4,6H2,1H3,(H,12,13)/t7-/m0/s1. The molecule has 0 aromatic carbocycles. The van der Waals surface area contributed by atoms with Crippen molar-refractivity contribution in [3.63, 3.8) is 0 Å². The van der Waals surface area contributed by atoms with Crippen LogP contribution < -0.4 is 0 Å². The number of aliphatic carboxylic acids is 1. The third-order valence-electron chi connectivity index (χ3n) is 1.74. The number of carbonyl (C=O) groups is 1. The fourth-order valence-corrected chi connectivity index (χ4v) is 0.910. The van der Waals surface area contributed by atoms with Gasteiger partial charge in [0.05, 0.1) is 12.9 Å². The first kappa shape index (κ1) is 11.9. The quantitative estimate of drug-likeness (QED) is 0.505. The molecular weight excluding hydrogens is 174 g/mol. The van der Waals surface area contributed by atoms with Crippen molar-refractivity contribution >= 4 is 5.97 Å². The first-order valence-corrected chi connectivity index (χ1v) is 4.00. The smallest absolute Gasteiger partial charge is 0.320 e.